The van der Waals surface area contributed by atoms with Crippen LogP contribution in [0.3, 0.4) is 0 Å². The van der Waals surface area contributed by atoms with Crippen molar-refractivity contribution in [2.24, 2.45) is 5.73 Å². The van der Waals surface area contributed by atoms with Crippen LogP contribution in [0.25, 0.3) is 0 Å². The third-order valence-corrected chi connectivity index (χ3v) is 8.58. The molecule has 4 N–H and O–H groups in total. The number of carboxylic acids is 1. The summed E-state index contributed by atoms with van der Waals surface area (Å²) < 4.78 is 5.84. The first-order valence-electron chi connectivity index (χ1n) is 19.0. The number of carboxylic acid groups (broad SMARTS) is 1. The van der Waals surface area contributed by atoms with Crippen LogP contribution in [-0.4, -0.2) is 41.6 Å². The van der Waals surface area contributed by atoms with E-state index in [4.69, 9.17) is 10.5 Å². The molecule has 0 rings (SSSR count). The quantitative estimate of drug-likeness (QED) is 0.0367. The van der Waals surface area contributed by atoms with Crippen LogP contribution in [0.4, 0.5) is 0 Å². The molecule has 2 unspecified atom stereocenters. The van der Waals surface area contributed by atoms with Gasteiger partial charge in [-0.1, -0.05) is 122 Å². The molecule has 0 aliphatic rings. The lowest BCUT2D eigenvalue weighted by atomic mass is 10.0. The highest BCUT2D eigenvalue weighted by molar-refractivity contribution is 5.83. The third kappa shape index (κ3) is 30.5. The second kappa shape index (κ2) is 33.5. The fraction of sp³-hybridized carbons (Fsp3) is 0.868. The van der Waals surface area contributed by atoms with E-state index in [0.29, 0.717) is 38.6 Å². The van der Waals surface area contributed by atoms with E-state index >= 15 is 0 Å². The van der Waals surface area contributed by atoms with Gasteiger partial charge >= 0.3 is 11.9 Å². The molecule has 0 spiro atoms. The number of nitrogens with one attached hydrogen (secondary N) is 1. The van der Waals surface area contributed by atoms with Crippen molar-refractivity contribution in [2.45, 2.75) is 206 Å². The first kappa shape index (κ1) is 43.1. The molecule has 7 nitrogen and oxygen atoms in total. The minimum Gasteiger partial charge on any atom is -0.480 e. The minimum absolute atomic E-state index is 0.0465. The summed E-state index contributed by atoms with van der Waals surface area (Å²) in [6.45, 7) is 4.82. The molecule has 0 heterocycles. The van der Waals surface area contributed by atoms with Crippen LogP contribution >= 0.6 is 0 Å². The number of amides is 1. The van der Waals surface area contributed by atoms with E-state index in [9.17, 15) is 19.5 Å². The van der Waals surface area contributed by atoms with Gasteiger partial charge in [0, 0.05) is 12.8 Å². The molecule has 264 valence electrons. The van der Waals surface area contributed by atoms with Gasteiger partial charge < -0.3 is 20.9 Å². The molecule has 0 saturated carbocycles. The number of hydrogen-bond donors (Lipinski definition) is 3. The summed E-state index contributed by atoms with van der Waals surface area (Å²) in [6.07, 6.45) is 34.5. The Labute approximate surface area is 277 Å². The molecule has 0 aromatic rings. The molecule has 0 fully saturated rings. The molecule has 2 atom stereocenters. The Balaban J connectivity index is 3.81. The molecule has 0 aromatic carbocycles. The number of hydrogen-bond acceptors (Lipinski definition) is 5. The van der Waals surface area contributed by atoms with Gasteiger partial charge in [0.1, 0.15) is 12.1 Å². The topological polar surface area (TPSA) is 119 Å². The zero-order valence-corrected chi connectivity index (χ0v) is 29.5. The number of carbonyl (C=O) groups is 3. The van der Waals surface area contributed by atoms with E-state index in [1.807, 2.05) is 0 Å². The fourth-order valence-corrected chi connectivity index (χ4v) is 5.67. The van der Waals surface area contributed by atoms with E-state index < -0.39 is 12.0 Å². The Morgan fingerprint density at radius 1 is 0.622 bits per heavy atom. The van der Waals surface area contributed by atoms with Crippen molar-refractivity contribution in [1.29, 1.82) is 0 Å². The number of carbonyl (C=O) groups excluding carboxylic acids is 2. The zero-order valence-electron chi connectivity index (χ0n) is 29.5. The second-order valence-electron chi connectivity index (χ2n) is 13.0. The Morgan fingerprint density at radius 2 is 1.11 bits per heavy atom. The Morgan fingerprint density at radius 3 is 1.67 bits per heavy atom. The predicted molar refractivity (Wildman–Crippen MR) is 188 cm³/mol. The number of unbranched alkanes of at least 4 members (excludes halogenated alkanes) is 18. The lowest BCUT2D eigenvalue weighted by molar-refractivity contribution is -0.150. The average molecular weight is 637 g/mol. The largest absolute Gasteiger partial charge is 0.480 e. The van der Waals surface area contributed by atoms with Crippen molar-refractivity contribution in [2.75, 3.05) is 6.54 Å². The number of ether oxygens (including phenoxy) is 1. The van der Waals surface area contributed by atoms with Crippen LogP contribution in [0.15, 0.2) is 12.2 Å². The highest BCUT2D eigenvalue weighted by atomic mass is 16.5. The monoisotopic (exact) mass is 637 g/mol. The van der Waals surface area contributed by atoms with Crippen LogP contribution in [0.5, 0.6) is 0 Å². The SMILES string of the molecule is CCCCCCCC/C=C\CCCCCCCCCCCC(=O)OC(CCCC)CCCCCC(=O)NC(CCCN)C(=O)O. The van der Waals surface area contributed by atoms with Crippen molar-refractivity contribution >= 4 is 17.8 Å². The van der Waals surface area contributed by atoms with Crippen molar-refractivity contribution < 1.29 is 24.2 Å². The van der Waals surface area contributed by atoms with Gasteiger partial charge in [-0.25, -0.2) is 4.79 Å². The van der Waals surface area contributed by atoms with Crippen molar-refractivity contribution in [1.82, 2.24) is 5.32 Å². The maximum Gasteiger partial charge on any atom is 0.326 e. The predicted octanol–water partition coefficient (Wildman–Crippen LogP) is 9.95. The van der Waals surface area contributed by atoms with E-state index in [2.05, 4.69) is 31.3 Å². The standard InChI is InChI=1S/C38H72N2O5/c1-3-5-7-8-9-10-11-12-13-14-15-16-17-18-19-20-21-22-26-32-37(42)45-34(28-6-4-2)29-24-23-25-31-36(41)40-35(38(43)44)30-27-33-39/h12-13,34-35H,3-11,14-33,39H2,1-2H3,(H,40,41)(H,43,44)/b13-12-. The number of rotatable bonds is 34. The second-order valence-corrected chi connectivity index (χ2v) is 13.0. The molecule has 0 radical (unpaired) electrons. The number of esters is 1. The Hall–Kier alpha value is -1.89. The van der Waals surface area contributed by atoms with E-state index in [1.54, 1.807) is 0 Å². The van der Waals surface area contributed by atoms with Crippen molar-refractivity contribution in [3.05, 3.63) is 12.2 Å². The molecule has 0 aliphatic heterocycles. The summed E-state index contributed by atoms with van der Waals surface area (Å²) in [5.41, 5.74) is 5.45. The number of allylic oxidation sites excluding steroid dienone is 2. The highest BCUT2D eigenvalue weighted by Crippen LogP contribution is 2.17. The van der Waals surface area contributed by atoms with Gasteiger partial charge in [0.05, 0.1) is 0 Å². The summed E-state index contributed by atoms with van der Waals surface area (Å²) in [5, 5.41) is 11.8. The van der Waals surface area contributed by atoms with Crippen molar-refractivity contribution in [3.8, 4) is 0 Å². The van der Waals surface area contributed by atoms with Gasteiger partial charge in [-0.05, 0) is 77.2 Å². The van der Waals surface area contributed by atoms with Crippen LogP contribution in [0.1, 0.15) is 194 Å². The normalized spacial score (nSPS) is 12.8. The molecular weight excluding hydrogens is 564 g/mol. The van der Waals surface area contributed by atoms with E-state index in [0.717, 1.165) is 51.4 Å². The van der Waals surface area contributed by atoms with Crippen LogP contribution in [0.2, 0.25) is 0 Å². The van der Waals surface area contributed by atoms with Crippen molar-refractivity contribution in [3.63, 3.8) is 0 Å². The van der Waals surface area contributed by atoms with Crippen LogP contribution < -0.4 is 11.1 Å². The third-order valence-electron chi connectivity index (χ3n) is 8.58. The highest BCUT2D eigenvalue weighted by Gasteiger charge is 2.19. The molecule has 1 amide bonds. The molecular formula is C38H72N2O5. The van der Waals surface area contributed by atoms with Gasteiger partial charge in [0.25, 0.3) is 0 Å². The number of aliphatic carboxylic acids is 1. The molecule has 0 aromatic heterocycles. The Bertz CT molecular complexity index is 727. The Kier molecular flexibility index (Phi) is 32.1. The van der Waals surface area contributed by atoms with Crippen LogP contribution in [-0.2, 0) is 19.1 Å². The van der Waals surface area contributed by atoms with Crippen LogP contribution in [0, 0.1) is 0 Å². The first-order chi connectivity index (χ1) is 21.9. The van der Waals surface area contributed by atoms with E-state index in [1.165, 1.54) is 96.3 Å². The van der Waals surface area contributed by atoms with Gasteiger partial charge in [0.15, 0.2) is 0 Å². The van der Waals surface area contributed by atoms with Gasteiger partial charge in [-0.2, -0.15) is 0 Å². The molecule has 0 aliphatic carbocycles. The molecule has 0 bridgehead atoms. The van der Waals surface area contributed by atoms with Gasteiger partial charge in [-0.3, -0.25) is 9.59 Å². The van der Waals surface area contributed by atoms with Gasteiger partial charge in [-0.15, -0.1) is 0 Å². The maximum absolute atomic E-state index is 12.5. The minimum atomic E-state index is -1.02. The summed E-state index contributed by atoms with van der Waals surface area (Å²) in [6, 6.07) is -0.870. The lowest BCUT2D eigenvalue weighted by Gasteiger charge is -2.18. The summed E-state index contributed by atoms with van der Waals surface area (Å²) >= 11 is 0. The maximum atomic E-state index is 12.5. The molecule has 0 saturated heterocycles. The molecule has 7 heteroatoms. The summed E-state index contributed by atoms with van der Waals surface area (Å²) in [4.78, 5) is 35.9. The smallest absolute Gasteiger partial charge is 0.326 e. The molecule has 45 heavy (non-hydrogen) atoms. The summed E-state index contributed by atoms with van der Waals surface area (Å²) in [7, 11) is 0. The zero-order chi connectivity index (χ0) is 33.2. The number of nitrogens with two attached hydrogens (primary N) is 1. The van der Waals surface area contributed by atoms with E-state index in [-0.39, 0.29) is 18.0 Å². The summed E-state index contributed by atoms with van der Waals surface area (Å²) in [5.74, 6) is -1.32. The first-order valence-corrected chi connectivity index (χ1v) is 19.0. The van der Waals surface area contributed by atoms with Gasteiger partial charge in [0.2, 0.25) is 5.91 Å². The lowest BCUT2D eigenvalue weighted by Crippen LogP contribution is -2.40. The fourth-order valence-electron chi connectivity index (χ4n) is 5.67. The average Bonchev–Trinajstić information content (AvgIpc) is 3.02.